The Morgan fingerprint density at radius 3 is 2.36 bits per heavy atom. The van der Waals surface area contributed by atoms with Crippen molar-refractivity contribution in [3.63, 3.8) is 0 Å². The first-order chi connectivity index (χ1) is 5.04. The van der Waals surface area contributed by atoms with Gasteiger partial charge in [-0.25, -0.2) is 0 Å². The maximum atomic E-state index is 4.01. The molecule has 1 heterocycles. The van der Waals surface area contributed by atoms with Crippen LogP contribution >= 0.6 is 0 Å². The lowest BCUT2D eigenvalue weighted by atomic mass is 9.93. The van der Waals surface area contributed by atoms with Gasteiger partial charge in [-0.2, -0.15) is 4.79 Å². The summed E-state index contributed by atoms with van der Waals surface area (Å²) in [5.41, 5.74) is 3.93. The molecule has 0 aliphatic heterocycles. The summed E-state index contributed by atoms with van der Waals surface area (Å²) in [5.74, 6) is 0. The SMILES string of the molecule is CNn1cc(C(C)(C)C)nn1. The molecule has 4 heteroatoms. The first-order valence-electron chi connectivity index (χ1n) is 3.64. The summed E-state index contributed by atoms with van der Waals surface area (Å²) >= 11 is 0. The summed E-state index contributed by atoms with van der Waals surface area (Å²) in [6, 6.07) is 0. The maximum absolute atomic E-state index is 4.01. The van der Waals surface area contributed by atoms with Gasteiger partial charge >= 0.3 is 0 Å². The van der Waals surface area contributed by atoms with Crippen LogP contribution in [0.15, 0.2) is 6.20 Å². The predicted molar refractivity (Wildman–Crippen MR) is 44.0 cm³/mol. The van der Waals surface area contributed by atoms with Gasteiger partial charge in [-0.3, -0.25) is 0 Å². The fraction of sp³-hybridized carbons (Fsp3) is 0.714. The first kappa shape index (κ1) is 8.04. The average Bonchev–Trinajstić information content (AvgIpc) is 2.32. The van der Waals surface area contributed by atoms with Gasteiger partial charge in [0, 0.05) is 12.5 Å². The molecule has 0 aliphatic rings. The molecule has 0 unspecified atom stereocenters. The molecule has 11 heavy (non-hydrogen) atoms. The monoisotopic (exact) mass is 154 g/mol. The Bertz CT molecular complexity index is 233. The van der Waals surface area contributed by atoms with Crippen LogP contribution in [-0.2, 0) is 5.41 Å². The van der Waals surface area contributed by atoms with Crippen molar-refractivity contribution < 1.29 is 0 Å². The minimum atomic E-state index is 0.0785. The summed E-state index contributed by atoms with van der Waals surface area (Å²) < 4.78 is 0. The summed E-state index contributed by atoms with van der Waals surface area (Å²) in [5, 5.41) is 7.87. The minimum Gasteiger partial charge on any atom is -0.312 e. The standard InChI is InChI=1S/C7H14N4/c1-7(2,3)6-5-11(8-4)10-9-6/h5,8H,1-4H3. The maximum Gasteiger partial charge on any atom is 0.0902 e. The van der Waals surface area contributed by atoms with Gasteiger partial charge in [0.25, 0.3) is 0 Å². The van der Waals surface area contributed by atoms with Gasteiger partial charge in [0.05, 0.1) is 11.9 Å². The molecule has 1 rings (SSSR count). The third-order valence-electron chi connectivity index (χ3n) is 1.49. The lowest BCUT2D eigenvalue weighted by Crippen LogP contribution is -2.12. The number of hydrogen-bond acceptors (Lipinski definition) is 3. The molecule has 0 spiro atoms. The van der Waals surface area contributed by atoms with Crippen molar-refractivity contribution in [1.29, 1.82) is 0 Å². The molecule has 0 amide bonds. The summed E-state index contributed by atoms with van der Waals surface area (Å²) in [7, 11) is 1.81. The van der Waals surface area contributed by atoms with Gasteiger partial charge in [0.1, 0.15) is 0 Å². The average molecular weight is 154 g/mol. The Morgan fingerprint density at radius 1 is 1.45 bits per heavy atom. The fourth-order valence-corrected chi connectivity index (χ4v) is 0.717. The van der Waals surface area contributed by atoms with E-state index in [-0.39, 0.29) is 5.41 Å². The molecular formula is C7H14N4. The molecule has 4 nitrogen and oxygen atoms in total. The highest BCUT2D eigenvalue weighted by atomic mass is 15.6. The summed E-state index contributed by atoms with van der Waals surface area (Å²) in [6.07, 6.45) is 1.89. The van der Waals surface area contributed by atoms with Crippen molar-refractivity contribution >= 4 is 0 Å². The van der Waals surface area contributed by atoms with Gasteiger partial charge in [-0.15, -0.1) is 5.10 Å². The lowest BCUT2D eigenvalue weighted by Gasteiger charge is -2.12. The Hall–Kier alpha value is -1.06. The van der Waals surface area contributed by atoms with Gasteiger partial charge in [-0.05, 0) is 5.21 Å². The summed E-state index contributed by atoms with van der Waals surface area (Å²) in [6.45, 7) is 6.32. The second-order valence-corrected chi connectivity index (χ2v) is 3.52. The quantitative estimate of drug-likeness (QED) is 0.649. The van der Waals surface area contributed by atoms with Crippen molar-refractivity contribution in [2.75, 3.05) is 12.5 Å². The molecule has 1 aromatic rings. The highest BCUT2D eigenvalue weighted by molar-refractivity contribution is 5.06. The van der Waals surface area contributed by atoms with E-state index < -0.39 is 0 Å². The van der Waals surface area contributed by atoms with Crippen molar-refractivity contribution in [3.8, 4) is 0 Å². The van der Waals surface area contributed by atoms with E-state index in [1.54, 1.807) is 11.8 Å². The highest BCUT2D eigenvalue weighted by Crippen LogP contribution is 2.17. The van der Waals surface area contributed by atoms with Crippen LogP contribution in [0, 0.1) is 0 Å². The van der Waals surface area contributed by atoms with E-state index in [1.807, 2.05) is 6.20 Å². The number of rotatable bonds is 1. The minimum absolute atomic E-state index is 0.0785. The predicted octanol–water partition coefficient (Wildman–Crippen LogP) is 0.749. The van der Waals surface area contributed by atoms with Crippen LogP contribution in [0.25, 0.3) is 0 Å². The van der Waals surface area contributed by atoms with Crippen LogP contribution in [0.5, 0.6) is 0 Å². The molecular weight excluding hydrogens is 140 g/mol. The van der Waals surface area contributed by atoms with E-state index in [0.717, 1.165) is 5.69 Å². The second kappa shape index (κ2) is 2.53. The molecule has 62 valence electrons. The lowest BCUT2D eigenvalue weighted by molar-refractivity contribution is 0.566. The number of nitrogens with one attached hydrogen (secondary N) is 1. The molecule has 0 saturated carbocycles. The van der Waals surface area contributed by atoms with Crippen molar-refractivity contribution in [1.82, 2.24) is 15.1 Å². The molecule has 0 aromatic carbocycles. The molecule has 0 bridgehead atoms. The Morgan fingerprint density at radius 2 is 2.09 bits per heavy atom. The zero-order valence-corrected chi connectivity index (χ0v) is 7.42. The van der Waals surface area contributed by atoms with Crippen LogP contribution in [0.1, 0.15) is 26.5 Å². The number of hydrogen-bond donors (Lipinski definition) is 1. The van der Waals surface area contributed by atoms with E-state index >= 15 is 0 Å². The van der Waals surface area contributed by atoms with Gasteiger partial charge in [0.2, 0.25) is 0 Å². The highest BCUT2D eigenvalue weighted by Gasteiger charge is 2.17. The van der Waals surface area contributed by atoms with Crippen molar-refractivity contribution in [2.24, 2.45) is 0 Å². The molecule has 0 fully saturated rings. The molecule has 0 atom stereocenters. The Kier molecular flexibility index (Phi) is 1.85. The first-order valence-corrected chi connectivity index (χ1v) is 3.64. The molecule has 0 aliphatic carbocycles. The van der Waals surface area contributed by atoms with E-state index in [4.69, 9.17) is 0 Å². The second-order valence-electron chi connectivity index (χ2n) is 3.52. The largest absolute Gasteiger partial charge is 0.312 e. The number of nitrogens with zero attached hydrogens (tertiary/aromatic N) is 3. The Labute approximate surface area is 66.6 Å². The Balaban J connectivity index is 2.89. The molecule has 1 aromatic heterocycles. The number of aromatic nitrogens is 3. The van der Waals surface area contributed by atoms with Crippen LogP contribution < -0.4 is 5.43 Å². The smallest absolute Gasteiger partial charge is 0.0902 e. The zero-order chi connectivity index (χ0) is 8.48. The van der Waals surface area contributed by atoms with Gasteiger partial charge in [0.15, 0.2) is 0 Å². The molecule has 1 N–H and O–H groups in total. The molecule has 0 radical (unpaired) electrons. The van der Waals surface area contributed by atoms with Crippen LogP contribution in [0.2, 0.25) is 0 Å². The van der Waals surface area contributed by atoms with Crippen molar-refractivity contribution in [3.05, 3.63) is 11.9 Å². The topological polar surface area (TPSA) is 42.7 Å². The third kappa shape index (κ3) is 1.69. The normalized spacial score (nSPS) is 11.6. The van der Waals surface area contributed by atoms with Crippen LogP contribution in [0.4, 0.5) is 0 Å². The van der Waals surface area contributed by atoms with E-state index in [1.165, 1.54) is 0 Å². The van der Waals surface area contributed by atoms with E-state index in [2.05, 4.69) is 36.5 Å². The van der Waals surface area contributed by atoms with Crippen molar-refractivity contribution in [2.45, 2.75) is 26.2 Å². The van der Waals surface area contributed by atoms with Gasteiger partial charge in [-0.1, -0.05) is 20.8 Å². The van der Waals surface area contributed by atoms with Gasteiger partial charge < -0.3 is 5.43 Å². The van der Waals surface area contributed by atoms with E-state index in [0.29, 0.717) is 0 Å². The molecule has 0 saturated heterocycles. The fourth-order valence-electron chi connectivity index (χ4n) is 0.717. The zero-order valence-electron chi connectivity index (χ0n) is 7.42. The summed E-state index contributed by atoms with van der Waals surface area (Å²) in [4.78, 5) is 1.60. The third-order valence-corrected chi connectivity index (χ3v) is 1.49. The van der Waals surface area contributed by atoms with E-state index in [9.17, 15) is 0 Å². The van der Waals surface area contributed by atoms with Crippen LogP contribution in [0.3, 0.4) is 0 Å². The van der Waals surface area contributed by atoms with Crippen LogP contribution in [-0.4, -0.2) is 22.2 Å².